The van der Waals surface area contributed by atoms with Gasteiger partial charge in [-0.1, -0.05) is 36.0 Å². The van der Waals surface area contributed by atoms with Crippen LogP contribution >= 0.6 is 11.8 Å². The number of fused-ring (bicyclic) bond motifs is 1. The average molecular weight is 310 g/mol. The van der Waals surface area contributed by atoms with Crippen molar-refractivity contribution in [1.82, 2.24) is 0 Å². The number of thioether (sulfide) groups is 1. The van der Waals surface area contributed by atoms with Crippen LogP contribution in [-0.4, -0.2) is 11.8 Å². The van der Waals surface area contributed by atoms with Gasteiger partial charge in [-0.25, -0.2) is 0 Å². The van der Waals surface area contributed by atoms with Crippen molar-refractivity contribution in [2.45, 2.75) is 11.8 Å². The highest BCUT2D eigenvalue weighted by molar-refractivity contribution is 8.04. The van der Waals surface area contributed by atoms with E-state index in [0.717, 1.165) is 16.1 Å². The fourth-order valence-corrected chi connectivity index (χ4v) is 3.05. The summed E-state index contributed by atoms with van der Waals surface area (Å²) < 4.78 is 0. The van der Waals surface area contributed by atoms with E-state index in [1.807, 2.05) is 55.5 Å². The van der Waals surface area contributed by atoms with Crippen molar-refractivity contribution in [2.24, 2.45) is 0 Å². The average Bonchev–Trinajstić information content (AvgIpc) is 2.48. The predicted octanol–water partition coefficient (Wildman–Crippen LogP) is 3.56. The van der Waals surface area contributed by atoms with Crippen LogP contribution in [-0.2, 0) is 9.59 Å². The number of benzene rings is 2. The molecule has 0 saturated heterocycles. The number of para-hydroxylation sites is 1. The molecule has 0 unspecified atom stereocenters. The van der Waals surface area contributed by atoms with Gasteiger partial charge in [0.05, 0.1) is 10.6 Å². The summed E-state index contributed by atoms with van der Waals surface area (Å²) in [6.45, 7) is 1.95. The summed E-state index contributed by atoms with van der Waals surface area (Å²) in [5.74, 6) is -0.578. The topological polar surface area (TPSA) is 58.2 Å². The van der Waals surface area contributed by atoms with Crippen molar-refractivity contribution in [3.8, 4) is 0 Å². The normalized spacial score (nSPS) is 15.1. The third kappa shape index (κ3) is 3.20. The van der Waals surface area contributed by atoms with Gasteiger partial charge in [0.25, 0.3) is 5.91 Å². The van der Waals surface area contributed by atoms with Crippen LogP contribution in [0.25, 0.3) is 0 Å². The molecule has 5 heteroatoms. The van der Waals surface area contributed by atoms with Crippen LogP contribution in [0.15, 0.2) is 64.4 Å². The van der Waals surface area contributed by atoms with E-state index in [9.17, 15) is 9.59 Å². The van der Waals surface area contributed by atoms with Crippen molar-refractivity contribution < 1.29 is 9.59 Å². The van der Waals surface area contributed by atoms with E-state index in [0.29, 0.717) is 10.6 Å². The largest absolute Gasteiger partial charge is 0.322 e. The summed E-state index contributed by atoms with van der Waals surface area (Å²) in [5.41, 5.74) is 2.54. The Morgan fingerprint density at radius 3 is 2.82 bits per heavy atom. The second kappa shape index (κ2) is 6.07. The molecule has 0 bridgehead atoms. The molecule has 2 N–H and O–H groups in total. The molecule has 2 amide bonds. The Morgan fingerprint density at radius 2 is 2.00 bits per heavy atom. The molecule has 0 aromatic heterocycles. The third-order valence-electron chi connectivity index (χ3n) is 3.13. The smallest absolute Gasteiger partial charge is 0.262 e. The molecule has 0 atom stereocenters. The van der Waals surface area contributed by atoms with E-state index < -0.39 is 0 Å². The third-order valence-corrected chi connectivity index (χ3v) is 4.23. The highest BCUT2D eigenvalue weighted by Gasteiger charge is 2.21. The van der Waals surface area contributed by atoms with E-state index in [-0.39, 0.29) is 11.8 Å². The first-order valence-corrected chi connectivity index (χ1v) is 7.61. The van der Waals surface area contributed by atoms with Gasteiger partial charge in [0, 0.05) is 16.7 Å². The predicted molar refractivity (Wildman–Crippen MR) is 88.8 cm³/mol. The van der Waals surface area contributed by atoms with Crippen LogP contribution in [0.1, 0.15) is 5.56 Å². The van der Waals surface area contributed by atoms with Crippen LogP contribution in [0.2, 0.25) is 0 Å². The van der Waals surface area contributed by atoms with Crippen LogP contribution < -0.4 is 10.6 Å². The van der Waals surface area contributed by atoms with Gasteiger partial charge in [-0.05, 0) is 36.8 Å². The first-order valence-electron chi connectivity index (χ1n) is 6.79. The zero-order valence-corrected chi connectivity index (χ0v) is 12.7. The number of hydrogen-bond donors (Lipinski definition) is 2. The molecule has 2 aromatic carbocycles. The van der Waals surface area contributed by atoms with Crippen LogP contribution in [0, 0.1) is 6.92 Å². The molecule has 3 rings (SSSR count). The fourth-order valence-electron chi connectivity index (χ4n) is 2.12. The Bertz CT molecular complexity index is 784. The van der Waals surface area contributed by atoms with Gasteiger partial charge in [-0.15, -0.1) is 0 Å². The lowest BCUT2D eigenvalue weighted by molar-refractivity contribution is -0.114. The highest BCUT2D eigenvalue weighted by atomic mass is 32.2. The Balaban J connectivity index is 1.77. The number of aryl methyl sites for hydroxylation is 1. The first-order chi connectivity index (χ1) is 10.6. The van der Waals surface area contributed by atoms with E-state index in [1.54, 1.807) is 0 Å². The summed E-state index contributed by atoms with van der Waals surface area (Å²) in [6.07, 6.45) is 1.33. The van der Waals surface area contributed by atoms with Crippen LogP contribution in [0.4, 0.5) is 11.4 Å². The number of hydrogen-bond acceptors (Lipinski definition) is 3. The Hall–Kier alpha value is -2.53. The minimum Gasteiger partial charge on any atom is -0.322 e. The lowest BCUT2D eigenvalue weighted by atomic mass is 10.2. The summed E-state index contributed by atoms with van der Waals surface area (Å²) in [6, 6.07) is 15.0. The van der Waals surface area contributed by atoms with Crippen molar-refractivity contribution in [2.75, 3.05) is 10.6 Å². The molecule has 22 heavy (non-hydrogen) atoms. The minimum absolute atomic E-state index is 0.261. The van der Waals surface area contributed by atoms with Gasteiger partial charge in [0.2, 0.25) is 5.91 Å². The summed E-state index contributed by atoms with van der Waals surface area (Å²) in [5, 5.41) is 5.55. The van der Waals surface area contributed by atoms with Gasteiger partial charge in [0.1, 0.15) is 0 Å². The molecule has 4 nitrogen and oxygen atoms in total. The first kappa shape index (κ1) is 14.4. The Kier molecular flexibility index (Phi) is 3.98. The summed E-state index contributed by atoms with van der Waals surface area (Å²) in [4.78, 5) is 25.4. The summed E-state index contributed by atoms with van der Waals surface area (Å²) >= 11 is 1.30. The lowest BCUT2D eigenvalue weighted by Gasteiger charge is -2.18. The quantitative estimate of drug-likeness (QED) is 0.834. The second-order valence-electron chi connectivity index (χ2n) is 4.92. The van der Waals surface area contributed by atoms with Gasteiger partial charge < -0.3 is 10.6 Å². The number of nitrogens with one attached hydrogen (secondary N) is 2. The van der Waals surface area contributed by atoms with Gasteiger partial charge in [0.15, 0.2) is 0 Å². The second-order valence-corrected chi connectivity index (χ2v) is 6.00. The van der Waals surface area contributed by atoms with Crippen LogP contribution in [0.5, 0.6) is 0 Å². The van der Waals surface area contributed by atoms with E-state index in [2.05, 4.69) is 10.6 Å². The lowest BCUT2D eigenvalue weighted by Crippen LogP contribution is -2.19. The standard InChI is InChI=1S/C17H14N2O2S/c1-11-5-4-6-12(9-11)18-16(20)10-15-17(21)19-13-7-2-3-8-14(13)22-15/h2-10H,1H3,(H,18,20)(H,19,21)/b15-10+. The zero-order chi connectivity index (χ0) is 15.5. The maximum atomic E-state index is 12.1. The van der Waals surface area contributed by atoms with E-state index in [4.69, 9.17) is 0 Å². The van der Waals surface area contributed by atoms with Gasteiger partial charge >= 0.3 is 0 Å². The molecule has 1 aliphatic heterocycles. The SMILES string of the molecule is Cc1cccc(NC(=O)/C=C2/Sc3ccccc3NC2=O)c1. The monoisotopic (exact) mass is 310 g/mol. The molecular weight excluding hydrogens is 296 g/mol. The number of amides is 2. The highest BCUT2D eigenvalue weighted by Crippen LogP contribution is 2.37. The molecule has 2 aromatic rings. The molecule has 110 valence electrons. The fraction of sp³-hybridized carbons (Fsp3) is 0.0588. The molecule has 0 fully saturated rings. The van der Waals surface area contributed by atoms with Crippen LogP contribution in [0.3, 0.4) is 0 Å². The number of carbonyl (C=O) groups is 2. The Morgan fingerprint density at radius 1 is 1.18 bits per heavy atom. The van der Waals surface area contributed by atoms with Gasteiger partial charge in [-0.3, -0.25) is 9.59 Å². The molecule has 0 radical (unpaired) electrons. The number of carbonyl (C=O) groups excluding carboxylic acids is 2. The molecule has 0 aliphatic carbocycles. The molecule has 0 saturated carbocycles. The number of rotatable bonds is 2. The van der Waals surface area contributed by atoms with Crippen molar-refractivity contribution in [3.63, 3.8) is 0 Å². The summed E-state index contributed by atoms with van der Waals surface area (Å²) in [7, 11) is 0. The molecule has 1 heterocycles. The van der Waals surface area contributed by atoms with E-state index >= 15 is 0 Å². The maximum Gasteiger partial charge on any atom is 0.262 e. The zero-order valence-electron chi connectivity index (χ0n) is 11.9. The van der Waals surface area contributed by atoms with E-state index in [1.165, 1.54) is 17.8 Å². The Labute approximate surface area is 132 Å². The molecule has 1 aliphatic rings. The number of anilines is 2. The van der Waals surface area contributed by atoms with Crippen molar-refractivity contribution >= 4 is 35.0 Å². The molecular formula is C17H14N2O2S. The van der Waals surface area contributed by atoms with Crippen molar-refractivity contribution in [1.29, 1.82) is 0 Å². The minimum atomic E-state index is -0.317. The molecule has 0 spiro atoms. The maximum absolute atomic E-state index is 12.1. The van der Waals surface area contributed by atoms with Gasteiger partial charge in [-0.2, -0.15) is 0 Å². The van der Waals surface area contributed by atoms with Crippen molar-refractivity contribution in [3.05, 3.63) is 65.1 Å².